The molecular weight excluding hydrogens is 433 g/mol. The number of carboxylic acid groups (broad SMARTS) is 1. The zero-order chi connectivity index (χ0) is 24.2. The van der Waals surface area contributed by atoms with Crippen molar-refractivity contribution in [2.75, 3.05) is 6.61 Å². The molecule has 0 fully saturated rings. The second-order valence-electron chi connectivity index (χ2n) is 8.35. The van der Waals surface area contributed by atoms with Gasteiger partial charge in [0.2, 0.25) is 0 Å². The third kappa shape index (κ3) is 5.89. The first-order valence-electron chi connectivity index (χ1n) is 10.0. The molecule has 0 aliphatic heterocycles. The fourth-order valence-corrected chi connectivity index (χ4v) is 3.39. The maximum atomic E-state index is 12.8. The van der Waals surface area contributed by atoms with Crippen LogP contribution in [0.15, 0.2) is 60.8 Å². The van der Waals surface area contributed by atoms with E-state index in [2.05, 4.69) is 11.1 Å². The molecule has 2 aromatic carbocycles. The van der Waals surface area contributed by atoms with E-state index in [0.717, 1.165) is 17.7 Å². The lowest BCUT2D eigenvalue weighted by atomic mass is 9.86. The fraction of sp³-hybridized carbons (Fsp3) is 0.240. The predicted octanol–water partition coefficient (Wildman–Crippen LogP) is 5.98. The van der Waals surface area contributed by atoms with Gasteiger partial charge in [0, 0.05) is 17.2 Å². The Morgan fingerprint density at radius 2 is 1.82 bits per heavy atom. The molecule has 0 spiro atoms. The molecule has 8 heteroatoms. The van der Waals surface area contributed by atoms with Gasteiger partial charge < -0.3 is 9.84 Å². The van der Waals surface area contributed by atoms with Crippen molar-refractivity contribution in [3.63, 3.8) is 0 Å². The van der Waals surface area contributed by atoms with Crippen LogP contribution in [-0.2, 0) is 12.6 Å². The number of carboxylic acids is 1. The van der Waals surface area contributed by atoms with Crippen LogP contribution in [-0.4, -0.2) is 22.7 Å². The Morgan fingerprint density at radius 3 is 2.42 bits per heavy atom. The summed E-state index contributed by atoms with van der Waals surface area (Å²) < 4.78 is 44.1. The zero-order valence-corrected chi connectivity index (χ0v) is 18.0. The number of ether oxygens (including phenoxy) is 1. The lowest BCUT2D eigenvalue weighted by molar-refractivity contribution is -0.137. The van der Waals surface area contributed by atoms with Gasteiger partial charge in [0.1, 0.15) is 11.8 Å². The average molecular weight is 454 g/mol. The number of hydrogen-bond donors (Lipinski definition) is 1. The van der Waals surface area contributed by atoms with Gasteiger partial charge >= 0.3 is 12.1 Å². The molecule has 0 atom stereocenters. The minimum Gasteiger partial charge on any atom is -0.492 e. The molecule has 3 rings (SSSR count). The van der Waals surface area contributed by atoms with Crippen molar-refractivity contribution < 1.29 is 27.8 Å². The number of pyridine rings is 1. The van der Waals surface area contributed by atoms with Gasteiger partial charge in [-0.1, -0.05) is 26.0 Å². The minimum absolute atomic E-state index is 0.0210. The number of benzene rings is 2. The Balaban J connectivity index is 1.74. The summed E-state index contributed by atoms with van der Waals surface area (Å²) in [6.07, 6.45) is -2.43. The summed E-state index contributed by atoms with van der Waals surface area (Å²) in [5, 5.41) is 18.9. The van der Waals surface area contributed by atoms with Crippen LogP contribution >= 0.6 is 0 Å². The summed E-state index contributed by atoms with van der Waals surface area (Å²) in [6, 6.07) is 14.8. The number of hydrogen-bond acceptors (Lipinski definition) is 4. The van der Waals surface area contributed by atoms with E-state index >= 15 is 0 Å². The van der Waals surface area contributed by atoms with Crippen LogP contribution in [0.2, 0.25) is 0 Å². The maximum Gasteiger partial charge on any atom is 0.416 e. The molecule has 0 aliphatic carbocycles. The van der Waals surface area contributed by atoms with Crippen LogP contribution in [0.3, 0.4) is 0 Å². The summed E-state index contributed by atoms with van der Waals surface area (Å²) in [5.74, 6) is -0.795. The Bertz CT molecular complexity index is 1200. The van der Waals surface area contributed by atoms with E-state index in [1.807, 2.05) is 13.8 Å². The second-order valence-corrected chi connectivity index (χ2v) is 8.35. The van der Waals surface area contributed by atoms with Gasteiger partial charge in [0.25, 0.3) is 0 Å². The van der Waals surface area contributed by atoms with Crippen molar-refractivity contribution in [3.8, 4) is 23.1 Å². The summed E-state index contributed by atoms with van der Waals surface area (Å²) in [7, 11) is 0. The number of aromatic nitrogens is 1. The van der Waals surface area contributed by atoms with Crippen molar-refractivity contribution in [3.05, 3.63) is 83.0 Å². The van der Waals surface area contributed by atoms with Crippen LogP contribution in [0.5, 0.6) is 5.75 Å². The smallest absolute Gasteiger partial charge is 0.416 e. The van der Waals surface area contributed by atoms with E-state index in [0.29, 0.717) is 17.7 Å². The number of aromatic carboxylic acids is 1. The normalized spacial score (nSPS) is 11.6. The number of nitrogens with zero attached hydrogens (tertiary/aromatic N) is 2. The molecule has 3 aromatic rings. The zero-order valence-electron chi connectivity index (χ0n) is 18.0. The SMILES string of the molecule is CC(C)(COc1ccc(-c2ncccc2C(=O)O)cc1C#N)Cc1ccc(C(F)(F)F)cc1. The van der Waals surface area contributed by atoms with E-state index in [-0.39, 0.29) is 23.4 Å². The van der Waals surface area contributed by atoms with Crippen molar-refractivity contribution in [2.45, 2.75) is 26.4 Å². The maximum absolute atomic E-state index is 12.8. The lowest BCUT2D eigenvalue weighted by Crippen LogP contribution is -2.24. The van der Waals surface area contributed by atoms with Crippen molar-refractivity contribution >= 4 is 5.97 Å². The summed E-state index contributed by atoms with van der Waals surface area (Å²) in [4.78, 5) is 15.6. The molecule has 0 unspecified atom stereocenters. The molecule has 0 radical (unpaired) electrons. The van der Waals surface area contributed by atoms with Crippen molar-refractivity contribution in [2.24, 2.45) is 5.41 Å². The van der Waals surface area contributed by atoms with Crippen LogP contribution < -0.4 is 4.74 Å². The monoisotopic (exact) mass is 454 g/mol. The van der Waals surface area contributed by atoms with Crippen LogP contribution in [0, 0.1) is 16.7 Å². The molecular formula is C25H21F3N2O3. The predicted molar refractivity (Wildman–Crippen MR) is 116 cm³/mol. The van der Waals surface area contributed by atoms with Gasteiger partial charge in [-0.05, 0) is 54.4 Å². The Morgan fingerprint density at radius 1 is 1.12 bits per heavy atom. The van der Waals surface area contributed by atoms with E-state index < -0.39 is 23.1 Å². The molecule has 0 saturated carbocycles. The van der Waals surface area contributed by atoms with Crippen LogP contribution in [0.25, 0.3) is 11.3 Å². The molecule has 33 heavy (non-hydrogen) atoms. The minimum atomic E-state index is -4.38. The van der Waals surface area contributed by atoms with Gasteiger partial charge in [0.05, 0.1) is 29.0 Å². The van der Waals surface area contributed by atoms with E-state index in [1.54, 1.807) is 12.1 Å². The van der Waals surface area contributed by atoms with Crippen molar-refractivity contribution in [1.29, 1.82) is 5.26 Å². The highest BCUT2D eigenvalue weighted by molar-refractivity contribution is 5.94. The molecule has 1 aromatic heterocycles. The molecule has 0 amide bonds. The summed E-state index contributed by atoms with van der Waals surface area (Å²) >= 11 is 0. The lowest BCUT2D eigenvalue weighted by Gasteiger charge is -2.25. The molecule has 0 aliphatic rings. The first-order chi connectivity index (χ1) is 15.5. The Hall–Kier alpha value is -3.86. The molecule has 0 bridgehead atoms. The standard InChI is InChI=1S/C25H21F3N2O3/c1-24(2,13-16-5-8-19(9-6-16)25(26,27)28)15-33-21-10-7-17(12-18(21)14-29)22-20(23(31)32)4-3-11-30-22/h3-12H,13,15H2,1-2H3,(H,31,32). The Kier molecular flexibility index (Phi) is 6.73. The highest BCUT2D eigenvalue weighted by Crippen LogP contribution is 2.32. The molecule has 1 heterocycles. The largest absolute Gasteiger partial charge is 0.492 e. The second kappa shape index (κ2) is 9.33. The summed E-state index contributed by atoms with van der Waals surface area (Å²) in [6.45, 7) is 4.04. The van der Waals surface area contributed by atoms with Gasteiger partial charge in [-0.25, -0.2) is 4.79 Å². The average Bonchev–Trinajstić information content (AvgIpc) is 2.77. The van der Waals surface area contributed by atoms with Crippen LogP contribution in [0.4, 0.5) is 13.2 Å². The quantitative estimate of drug-likeness (QED) is 0.475. The van der Waals surface area contributed by atoms with E-state index in [4.69, 9.17) is 4.74 Å². The molecule has 170 valence electrons. The topological polar surface area (TPSA) is 83.2 Å². The van der Waals surface area contributed by atoms with E-state index in [1.165, 1.54) is 36.5 Å². The fourth-order valence-electron chi connectivity index (χ4n) is 3.39. The highest BCUT2D eigenvalue weighted by atomic mass is 19.4. The van der Waals surface area contributed by atoms with Gasteiger partial charge in [-0.15, -0.1) is 0 Å². The third-order valence-corrected chi connectivity index (χ3v) is 4.99. The molecule has 0 saturated heterocycles. The Labute approximate surface area is 189 Å². The summed E-state index contributed by atoms with van der Waals surface area (Å²) in [5.41, 5.74) is 0.578. The van der Waals surface area contributed by atoms with Crippen LogP contribution in [0.1, 0.15) is 40.9 Å². The molecule has 1 N–H and O–H groups in total. The first-order valence-corrected chi connectivity index (χ1v) is 10.0. The van der Waals surface area contributed by atoms with Gasteiger partial charge in [-0.2, -0.15) is 18.4 Å². The third-order valence-electron chi connectivity index (χ3n) is 4.99. The number of halogens is 3. The number of carbonyl (C=O) groups is 1. The highest BCUT2D eigenvalue weighted by Gasteiger charge is 2.30. The first kappa shape index (κ1) is 23.8. The van der Waals surface area contributed by atoms with Crippen molar-refractivity contribution in [1.82, 2.24) is 4.98 Å². The number of alkyl halides is 3. The van der Waals surface area contributed by atoms with E-state index in [9.17, 15) is 28.3 Å². The molecule has 5 nitrogen and oxygen atoms in total. The number of rotatable bonds is 7. The van der Waals surface area contributed by atoms with Gasteiger partial charge in [-0.3, -0.25) is 4.98 Å². The number of nitriles is 1. The van der Waals surface area contributed by atoms with Gasteiger partial charge in [0.15, 0.2) is 0 Å².